The van der Waals surface area contributed by atoms with Crippen molar-refractivity contribution in [3.63, 3.8) is 0 Å². The number of hydrogen-bond donors (Lipinski definition) is 0. The molecular weight excluding hydrogens is 378 g/mol. The molecule has 4 rings (SSSR count). The third-order valence-corrected chi connectivity index (χ3v) is 7.36. The van der Waals surface area contributed by atoms with Gasteiger partial charge in [0, 0.05) is 19.2 Å². The molecule has 2 aliphatic heterocycles. The summed E-state index contributed by atoms with van der Waals surface area (Å²) in [7, 11) is -3.35. The molecule has 1 saturated heterocycles. The number of hydrogen-bond acceptors (Lipinski definition) is 5. The predicted molar refractivity (Wildman–Crippen MR) is 105 cm³/mol. The standard InChI is InChI=1S/C21H21NO5S/c23-21(9-7-16-6-8-19-20(14-16)27-15-26-19)22-12-10-18(11-13-22)28(24,25)17-4-2-1-3-5-17/h1-9,14,18H,10-13,15H2/b9-7+. The van der Waals surface area contributed by atoms with Crippen LogP contribution in [0.1, 0.15) is 18.4 Å². The first-order chi connectivity index (χ1) is 13.5. The number of fused-ring (bicyclic) bond motifs is 1. The Morgan fingerprint density at radius 1 is 1.00 bits per heavy atom. The van der Waals surface area contributed by atoms with E-state index in [2.05, 4.69) is 0 Å². The maximum atomic E-state index is 12.7. The summed E-state index contributed by atoms with van der Waals surface area (Å²) >= 11 is 0. The van der Waals surface area contributed by atoms with E-state index in [0.717, 1.165) is 5.56 Å². The molecule has 0 aliphatic carbocycles. The average molecular weight is 399 g/mol. The highest BCUT2D eigenvalue weighted by atomic mass is 32.2. The maximum Gasteiger partial charge on any atom is 0.246 e. The molecule has 2 aromatic rings. The Bertz CT molecular complexity index is 993. The highest BCUT2D eigenvalue weighted by Crippen LogP contribution is 2.32. The first-order valence-electron chi connectivity index (χ1n) is 9.19. The van der Waals surface area contributed by atoms with Crippen LogP contribution in [-0.4, -0.2) is 44.4 Å². The van der Waals surface area contributed by atoms with Crippen molar-refractivity contribution < 1.29 is 22.7 Å². The number of amides is 1. The fourth-order valence-corrected chi connectivity index (χ4v) is 5.23. The van der Waals surface area contributed by atoms with E-state index in [1.807, 2.05) is 18.2 Å². The van der Waals surface area contributed by atoms with Gasteiger partial charge in [0.25, 0.3) is 0 Å². The molecule has 0 unspecified atom stereocenters. The first-order valence-corrected chi connectivity index (χ1v) is 10.7. The van der Waals surface area contributed by atoms with Gasteiger partial charge in [0.15, 0.2) is 21.3 Å². The molecule has 1 fully saturated rings. The van der Waals surface area contributed by atoms with Crippen LogP contribution in [0.15, 0.2) is 59.5 Å². The van der Waals surface area contributed by atoms with Crippen molar-refractivity contribution in [2.45, 2.75) is 23.0 Å². The van der Waals surface area contributed by atoms with E-state index < -0.39 is 15.1 Å². The zero-order valence-electron chi connectivity index (χ0n) is 15.3. The lowest BCUT2D eigenvalue weighted by molar-refractivity contribution is -0.126. The number of piperidine rings is 1. The van der Waals surface area contributed by atoms with Crippen LogP contribution in [0, 0.1) is 0 Å². The van der Waals surface area contributed by atoms with Gasteiger partial charge in [-0.25, -0.2) is 8.42 Å². The summed E-state index contributed by atoms with van der Waals surface area (Å²) in [5.74, 6) is 1.25. The number of ether oxygens (including phenoxy) is 2. The predicted octanol–water partition coefficient (Wildman–Crippen LogP) is 2.89. The Morgan fingerprint density at radius 2 is 1.71 bits per heavy atom. The average Bonchev–Trinajstić information content (AvgIpc) is 3.20. The number of nitrogens with zero attached hydrogens (tertiary/aromatic N) is 1. The van der Waals surface area contributed by atoms with Crippen molar-refractivity contribution in [3.8, 4) is 11.5 Å². The van der Waals surface area contributed by atoms with Crippen LogP contribution in [0.25, 0.3) is 6.08 Å². The Labute approximate surface area is 164 Å². The largest absolute Gasteiger partial charge is 0.454 e. The first kappa shape index (κ1) is 18.6. The molecular formula is C21H21NO5S. The Balaban J connectivity index is 1.36. The minimum Gasteiger partial charge on any atom is -0.454 e. The Kier molecular flexibility index (Phi) is 5.09. The second-order valence-corrected chi connectivity index (χ2v) is 9.06. The molecule has 0 atom stereocenters. The highest BCUT2D eigenvalue weighted by Gasteiger charge is 2.32. The molecule has 1 amide bonds. The van der Waals surface area contributed by atoms with Gasteiger partial charge in [-0.1, -0.05) is 24.3 Å². The molecule has 0 spiro atoms. The zero-order chi connectivity index (χ0) is 19.6. The SMILES string of the molecule is O=C(/C=C/c1ccc2c(c1)OCO2)N1CCC(S(=O)(=O)c2ccccc2)CC1. The zero-order valence-corrected chi connectivity index (χ0v) is 16.1. The molecule has 0 aromatic heterocycles. The molecule has 0 saturated carbocycles. The van der Waals surface area contributed by atoms with Gasteiger partial charge in [-0.05, 0) is 48.7 Å². The quantitative estimate of drug-likeness (QED) is 0.739. The summed E-state index contributed by atoms with van der Waals surface area (Å²) < 4.78 is 36.1. The third kappa shape index (κ3) is 3.75. The van der Waals surface area contributed by atoms with Crippen LogP contribution in [0.4, 0.5) is 0 Å². The van der Waals surface area contributed by atoms with Crippen molar-refractivity contribution in [1.29, 1.82) is 0 Å². The second kappa shape index (κ2) is 7.67. The molecule has 2 aromatic carbocycles. The molecule has 28 heavy (non-hydrogen) atoms. The number of carbonyl (C=O) groups is 1. The summed E-state index contributed by atoms with van der Waals surface area (Å²) in [6.45, 7) is 1.07. The van der Waals surface area contributed by atoms with Gasteiger partial charge in [-0.3, -0.25) is 4.79 Å². The van der Waals surface area contributed by atoms with Gasteiger partial charge in [0.2, 0.25) is 12.7 Å². The molecule has 2 aliphatic rings. The summed E-state index contributed by atoms with van der Waals surface area (Å²) in [5, 5.41) is -0.447. The van der Waals surface area contributed by atoms with Crippen LogP contribution in [0.2, 0.25) is 0 Å². The van der Waals surface area contributed by atoms with Crippen molar-refractivity contribution in [3.05, 3.63) is 60.2 Å². The third-order valence-electron chi connectivity index (χ3n) is 5.08. The van der Waals surface area contributed by atoms with Crippen LogP contribution >= 0.6 is 0 Å². The fourth-order valence-electron chi connectivity index (χ4n) is 3.48. The van der Waals surface area contributed by atoms with Crippen molar-refractivity contribution in [2.75, 3.05) is 19.9 Å². The smallest absolute Gasteiger partial charge is 0.246 e. The highest BCUT2D eigenvalue weighted by molar-refractivity contribution is 7.92. The van der Waals surface area contributed by atoms with E-state index in [1.54, 1.807) is 41.3 Å². The Hall–Kier alpha value is -2.80. The van der Waals surface area contributed by atoms with Gasteiger partial charge in [0.1, 0.15) is 0 Å². The van der Waals surface area contributed by atoms with E-state index in [4.69, 9.17) is 9.47 Å². The number of sulfone groups is 1. The number of rotatable bonds is 4. The van der Waals surface area contributed by atoms with E-state index in [1.165, 1.54) is 6.08 Å². The van der Waals surface area contributed by atoms with E-state index in [-0.39, 0.29) is 12.7 Å². The Morgan fingerprint density at radius 3 is 2.46 bits per heavy atom. The van der Waals surface area contributed by atoms with Crippen LogP contribution in [0.5, 0.6) is 11.5 Å². The fraction of sp³-hybridized carbons (Fsp3) is 0.286. The second-order valence-electron chi connectivity index (χ2n) is 6.83. The van der Waals surface area contributed by atoms with Gasteiger partial charge < -0.3 is 14.4 Å². The number of carbonyl (C=O) groups excluding carboxylic acids is 1. The van der Waals surface area contributed by atoms with Gasteiger partial charge >= 0.3 is 0 Å². The summed E-state index contributed by atoms with van der Waals surface area (Å²) in [6.07, 6.45) is 4.14. The van der Waals surface area contributed by atoms with Crippen molar-refractivity contribution >= 4 is 21.8 Å². The lowest BCUT2D eigenvalue weighted by Crippen LogP contribution is -2.41. The normalized spacial score (nSPS) is 17.2. The molecule has 2 heterocycles. The minimum absolute atomic E-state index is 0.117. The van der Waals surface area contributed by atoms with Crippen molar-refractivity contribution in [1.82, 2.24) is 4.90 Å². The summed E-state index contributed by atoms with van der Waals surface area (Å²) in [5.41, 5.74) is 0.846. The molecule has 0 N–H and O–H groups in total. The number of benzene rings is 2. The lowest BCUT2D eigenvalue weighted by atomic mass is 10.1. The van der Waals surface area contributed by atoms with Gasteiger partial charge in [-0.2, -0.15) is 0 Å². The molecule has 0 radical (unpaired) electrons. The molecule has 146 valence electrons. The van der Waals surface area contributed by atoms with Gasteiger partial charge in [0.05, 0.1) is 10.1 Å². The maximum absolute atomic E-state index is 12.7. The monoisotopic (exact) mass is 399 g/mol. The van der Waals surface area contributed by atoms with Gasteiger partial charge in [-0.15, -0.1) is 0 Å². The van der Waals surface area contributed by atoms with Crippen molar-refractivity contribution in [2.24, 2.45) is 0 Å². The molecule has 0 bridgehead atoms. The lowest BCUT2D eigenvalue weighted by Gasteiger charge is -2.31. The van der Waals surface area contributed by atoms with E-state index in [0.29, 0.717) is 42.3 Å². The minimum atomic E-state index is -3.35. The van der Waals surface area contributed by atoms with Crippen LogP contribution in [0.3, 0.4) is 0 Å². The van der Waals surface area contributed by atoms with E-state index >= 15 is 0 Å². The molecule has 6 nitrogen and oxygen atoms in total. The van der Waals surface area contributed by atoms with Crippen LogP contribution in [-0.2, 0) is 14.6 Å². The van der Waals surface area contributed by atoms with E-state index in [9.17, 15) is 13.2 Å². The summed E-state index contributed by atoms with van der Waals surface area (Å²) in [6, 6.07) is 14.0. The number of likely N-dealkylation sites (tertiary alicyclic amines) is 1. The molecule has 7 heteroatoms. The topological polar surface area (TPSA) is 72.9 Å². The van der Waals surface area contributed by atoms with Crippen LogP contribution < -0.4 is 9.47 Å². The summed E-state index contributed by atoms with van der Waals surface area (Å²) in [4.78, 5) is 14.5.